The first-order valence-electron chi connectivity index (χ1n) is 4.90. The molecule has 0 aliphatic rings. The Kier molecular flexibility index (Phi) is 2.72. The molecule has 0 atom stereocenters. The molecule has 1 aromatic carbocycles. The van der Waals surface area contributed by atoms with E-state index in [1.54, 1.807) is 24.4 Å². The topological polar surface area (TPSA) is 50.9 Å². The number of nitrogens with zero attached hydrogens (tertiary/aromatic N) is 1. The summed E-state index contributed by atoms with van der Waals surface area (Å²) < 4.78 is 13.0. The van der Waals surface area contributed by atoms with E-state index >= 15 is 0 Å². The molecule has 0 spiro atoms. The minimum atomic E-state index is -0.274. The van der Waals surface area contributed by atoms with Crippen molar-refractivity contribution in [2.45, 2.75) is 6.92 Å². The third-order valence-corrected chi connectivity index (χ3v) is 2.25. The van der Waals surface area contributed by atoms with Crippen molar-refractivity contribution in [3.63, 3.8) is 0 Å². The number of aryl methyl sites for hydroxylation is 1. The zero-order chi connectivity index (χ0) is 11.5. The standard InChI is InChI=1S/C12H12FN3/c1-8-2-3-9(13)6-11(8)16-12-5-4-10(14)7-15-12/h2-7H,14H2,1H3,(H,15,16). The Labute approximate surface area is 93.1 Å². The number of pyridine rings is 1. The summed E-state index contributed by atoms with van der Waals surface area (Å²) in [6.45, 7) is 1.90. The predicted molar refractivity (Wildman–Crippen MR) is 63.1 cm³/mol. The first-order chi connectivity index (χ1) is 7.65. The molecule has 0 saturated heterocycles. The highest BCUT2D eigenvalue weighted by molar-refractivity contribution is 5.61. The second-order valence-electron chi connectivity index (χ2n) is 3.56. The van der Waals surface area contributed by atoms with E-state index in [2.05, 4.69) is 10.3 Å². The quantitative estimate of drug-likeness (QED) is 0.813. The van der Waals surface area contributed by atoms with E-state index in [1.807, 2.05) is 6.92 Å². The molecule has 0 aliphatic heterocycles. The summed E-state index contributed by atoms with van der Waals surface area (Å²) in [5.41, 5.74) is 7.79. The van der Waals surface area contributed by atoms with Gasteiger partial charge in [0.05, 0.1) is 11.9 Å². The SMILES string of the molecule is Cc1ccc(F)cc1Nc1ccc(N)cn1. The zero-order valence-electron chi connectivity index (χ0n) is 8.87. The normalized spacial score (nSPS) is 10.1. The van der Waals surface area contributed by atoms with Crippen molar-refractivity contribution in [1.82, 2.24) is 4.98 Å². The molecule has 0 fully saturated rings. The van der Waals surface area contributed by atoms with Crippen LogP contribution in [0.1, 0.15) is 5.56 Å². The molecule has 82 valence electrons. The van der Waals surface area contributed by atoms with E-state index in [0.29, 0.717) is 17.2 Å². The number of benzene rings is 1. The second-order valence-corrected chi connectivity index (χ2v) is 3.56. The second kappa shape index (κ2) is 4.18. The molecule has 0 amide bonds. The minimum absolute atomic E-state index is 0.274. The summed E-state index contributed by atoms with van der Waals surface area (Å²) in [5.74, 6) is 0.367. The van der Waals surface area contributed by atoms with E-state index < -0.39 is 0 Å². The fraction of sp³-hybridized carbons (Fsp3) is 0.0833. The average molecular weight is 217 g/mol. The molecule has 16 heavy (non-hydrogen) atoms. The lowest BCUT2D eigenvalue weighted by atomic mass is 10.2. The number of hydrogen-bond acceptors (Lipinski definition) is 3. The van der Waals surface area contributed by atoms with Crippen molar-refractivity contribution in [2.75, 3.05) is 11.1 Å². The third-order valence-electron chi connectivity index (χ3n) is 2.25. The molecule has 0 aliphatic carbocycles. The molecular weight excluding hydrogens is 205 g/mol. The number of anilines is 3. The van der Waals surface area contributed by atoms with E-state index in [1.165, 1.54) is 12.1 Å². The number of aromatic nitrogens is 1. The summed E-state index contributed by atoms with van der Waals surface area (Å²) in [6.07, 6.45) is 1.55. The number of nitrogens with two attached hydrogens (primary N) is 1. The van der Waals surface area contributed by atoms with Crippen molar-refractivity contribution in [2.24, 2.45) is 0 Å². The van der Waals surface area contributed by atoms with Crippen LogP contribution in [0.4, 0.5) is 21.6 Å². The van der Waals surface area contributed by atoms with Gasteiger partial charge in [-0.05, 0) is 36.8 Å². The van der Waals surface area contributed by atoms with Crippen LogP contribution in [0, 0.1) is 12.7 Å². The number of rotatable bonds is 2. The van der Waals surface area contributed by atoms with Gasteiger partial charge in [0, 0.05) is 5.69 Å². The van der Waals surface area contributed by atoms with Crippen LogP contribution in [-0.4, -0.2) is 4.98 Å². The first-order valence-corrected chi connectivity index (χ1v) is 4.90. The minimum Gasteiger partial charge on any atom is -0.397 e. The van der Waals surface area contributed by atoms with E-state index in [-0.39, 0.29) is 5.82 Å². The van der Waals surface area contributed by atoms with Gasteiger partial charge in [0.1, 0.15) is 11.6 Å². The van der Waals surface area contributed by atoms with Gasteiger partial charge in [-0.3, -0.25) is 0 Å². The van der Waals surface area contributed by atoms with Crippen LogP contribution in [0.15, 0.2) is 36.5 Å². The average Bonchev–Trinajstić information content (AvgIpc) is 2.27. The van der Waals surface area contributed by atoms with Crippen LogP contribution >= 0.6 is 0 Å². The molecular formula is C12H12FN3. The highest BCUT2D eigenvalue weighted by Gasteiger charge is 2.01. The van der Waals surface area contributed by atoms with Crippen LogP contribution in [0.25, 0.3) is 0 Å². The maximum absolute atomic E-state index is 13.0. The molecule has 1 aromatic heterocycles. The zero-order valence-corrected chi connectivity index (χ0v) is 8.87. The lowest BCUT2D eigenvalue weighted by molar-refractivity contribution is 0.628. The van der Waals surface area contributed by atoms with Crippen molar-refractivity contribution in [1.29, 1.82) is 0 Å². The lowest BCUT2D eigenvalue weighted by Crippen LogP contribution is -1.97. The lowest BCUT2D eigenvalue weighted by Gasteiger charge is -2.08. The Morgan fingerprint density at radius 2 is 2.06 bits per heavy atom. The summed E-state index contributed by atoms with van der Waals surface area (Å²) >= 11 is 0. The van der Waals surface area contributed by atoms with Crippen LogP contribution < -0.4 is 11.1 Å². The summed E-state index contributed by atoms with van der Waals surface area (Å²) in [4.78, 5) is 4.09. The number of nitrogens with one attached hydrogen (secondary N) is 1. The molecule has 2 rings (SSSR count). The van der Waals surface area contributed by atoms with Crippen LogP contribution in [-0.2, 0) is 0 Å². The largest absolute Gasteiger partial charge is 0.397 e. The third kappa shape index (κ3) is 2.28. The number of halogens is 1. The Morgan fingerprint density at radius 3 is 2.75 bits per heavy atom. The molecule has 0 unspecified atom stereocenters. The monoisotopic (exact) mass is 217 g/mol. The van der Waals surface area contributed by atoms with E-state index in [9.17, 15) is 4.39 Å². The predicted octanol–water partition coefficient (Wildman–Crippen LogP) is 2.85. The first kappa shape index (κ1) is 10.4. The van der Waals surface area contributed by atoms with Gasteiger partial charge in [0.15, 0.2) is 0 Å². The van der Waals surface area contributed by atoms with Gasteiger partial charge in [-0.25, -0.2) is 9.37 Å². The van der Waals surface area contributed by atoms with Gasteiger partial charge >= 0.3 is 0 Å². The number of hydrogen-bond donors (Lipinski definition) is 2. The summed E-state index contributed by atoms with van der Waals surface area (Å²) in [7, 11) is 0. The molecule has 3 N–H and O–H groups in total. The highest BCUT2D eigenvalue weighted by Crippen LogP contribution is 2.20. The molecule has 0 saturated carbocycles. The van der Waals surface area contributed by atoms with Gasteiger partial charge in [-0.15, -0.1) is 0 Å². The fourth-order valence-electron chi connectivity index (χ4n) is 1.35. The Morgan fingerprint density at radius 1 is 1.25 bits per heavy atom. The van der Waals surface area contributed by atoms with Crippen molar-refractivity contribution >= 4 is 17.2 Å². The van der Waals surface area contributed by atoms with Crippen LogP contribution in [0.5, 0.6) is 0 Å². The van der Waals surface area contributed by atoms with Gasteiger partial charge in [0.2, 0.25) is 0 Å². The molecule has 2 aromatic rings. The molecule has 1 heterocycles. The molecule has 3 nitrogen and oxygen atoms in total. The Hall–Kier alpha value is -2.10. The highest BCUT2D eigenvalue weighted by atomic mass is 19.1. The van der Waals surface area contributed by atoms with Gasteiger partial charge in [0.25, 0.3) is 0 Å². The van der Waals surface area contributed by atoms with Crippen molar-refractivity contribution in [3.05, 3.63) is 47.9 Å². The van der Waals surface area contributed by atoms with Gasteiger partial charge in [-0.2, -0.15) is 0 Å². The van der Waals surface area contributed by atoms with Crippen molar-refractivity contribution in [3.8, 4) is 0 Å². The molecule has 4 heteroatoms. The smallest absolute Gasteiger partial charge is 0.130 e. The summed E-state index contributed by atoms with van der Waals surface area (Å²) in [6, 6.07) is 8.07. The van der Waals surface area contributed by atoms with Gasteiger partial charge in [-0.1, -0.05) is 6.07 Å². The maximum atomic E-state index is 13.0. The molecule has 0 bridgehead atoms. The van der Waals surface area contributed by atoms with E-state index in [0.717, 1.165) is 5.56 Å². The summed E-state index contributed by atoms with van der Waals surface area (Å²) in [5, 5.41) is 3.03. The van der Waals surface area contributed by atoms with Crippen molar-refractivity contribution < 1.29 is 4.39 Å². The van der Waals surface area contributed by atoms with E-state index in [4.69, 9.17) is 5.73 Å². The fourth-order valence-corrected chi connectivity index (χ4v) is 1.35. The Bertz CT molecular complexity index is 494. The Balaban J connectivity index is 2.26. The van der Waals surface area contributed by atoms with Gasteiger partial charge < -0.3 is 11.1 Å². The maximum Gasteiger partial charge on any atom is 0.130 e. The number of nitrogen functional groups attached to an aromatic ring is 1. The molecule has 0 radical (unpaired) electrons. The van der Waals surface area contributed by atoms with Crippen LogP contribution in [0.3, 0.4) is 0 Å². The van der Waals surface area contributed by atoms with Crippen LogP contribution in [0.2, 0.25) is 0 Å².